The quantitative estimate of drug-likeness (QED) is 0.805. The van der Waals surface area contributed by atoms with Crippen LogP contribution in [0.1, 0.15) is 11.3 Å². The normalized spacial score (nSPS) is 11.3. The van der Waals surface area contributed by atoms with Crippen LogP contribution in [0.2, 0.25) is 0 Å². The maximum absolute atomic E-state index is 5.42. The van der Waals surface area contributed by atoms with Gasteiger partial charge in [-0.25, -0.2) is 0 Å². The molecule has 2 heteroatoms. The van der Waals surface area contributed by atoms with Crippen LogP contribution in [-0.2, 0) is 0 Å². The largest absolute Gasteiger partial charge is 0.327 e. The second-order valence-corrected chi connectivity index (χ2v) is 3.52. The van der Waals surface area contributed by atoms with Crippen molar-refractivity contribution in [2.24, 2.45) is 5.73 Å². The van der Waals surface area contributed by atoms with Crippen molar-refractivity contribution in [3.05, 3.63) is 47.8 Å². The van der Waals surface area contributed by atoms with Gasteiger partial charge in [0.25, 0.3) is 0 Å². The van der Waals surface area contributed by atoms with Gasteiger partial charge in [0.2, 0.25) is 0 Å². The second kappa shape index (κ2) is 4.24. The van der Waals surface area contributed by atoms with E-state index in [1.54, 1.807) is 0 Å². The molecule has 1 aromatic carbocycles. The zero-order valence-electron chi connectivity index (χ0n) is 8.77. The first-order chi connectivity index (χ1) is 7.31. The highest BCUT2D eigenvalue weighted by Gasteiger charge is 1.97. The lowest BCUT2D eigenvalue weighted by Gasteiger charge is -2.02. The third-order valence-electron chi connectivity index (χ3n) is 2.44. The molecule has 2 N–H and O–H groups in total. The molecule has 2 rings (SSSR count). The first-order valence-electron chi connectivity index (χ1n) is 5.03. The minimum atomic E-state index is 0.573. The molecule has 0 fully saturated rings. The fourth-order valence-electron chi connectivity index (χ4n) is 1.64. The van der Waals surface area contributed by atoms with E-state index in [-0.39, 0.29) is 0 Å². The van der Waals surface area contributed by atoms with Crippen LogP contribution < -0.4 is 5.73 Å². The minimum Gasteiger partial charge on any atom is -0.327 e. The molecule has 1 aromatic heterocycles. The Kier molecular flexibility index (Phi) is 2.79. The van der Waals surface area contributed by atoms with E-state index in [1.165, 1.54) is 16.3 Å². The topological polar surface area (TPSA) is 38.9 Å². The SMILES string of the molecule is Cc1nccc2ccc(/C=C/CN)cc12. The zero-order chi connectivity index (χ0) is 10.7. The summed E-state index contributed by atoms with van der Waals surface area (Å²) in [6, 6.07) is 8.37. The van der Waals surface area contributed by atoms with Gasteiger partial charge < -0.3 is 5.73 Å². The first kappa shape index (κ1) is 9.87. The number of aryl methyl sites for hydroxylation is 1. The third kappa shape index (κ3) is 2.05. The summed E-state index contributed by atoms with van der Waals surface area (Å²) in [5.74, 6) is 0. The summed E-state index contributed by atoms with van der Waals surface area (Å²) in [5.41, 5.74) is 7.66. The van der Waals surface area contributed by atoms with E-state index >= 15 is 0 Å². The molecule has 0 unspecified atom stereocenters. The molecule has 0 bridgehead atoms. The van der Waals surface area contributed by atoms with Gasteiger partial charge in [-0.15, -0.1) is 0 Å². The van der Waals surface area contributed by atoms with Crippen LogP contribution in [0.4, 0.5) is 0 Å². The molecule has 0 radical (unpaired) electrons. The van der Waals surface area contributed by atoms with Gasteiger partial charge in [0, 0.05) is 23.8 Å². The molecule has 15 heavy (non-hydrogen) atoms. The molecule has 0 atom stereocenters. The van der Waals surface area contributed by atoms with Gasteiger partial charge in [0.15, 0.2) is 0 Å². The molecule has 2 aromatic rings. The van der Waals surface area contributed by atoms with Crippen molar-refractivity contribution in [1.29, 1.82) is 0 Å². The number of nitrogens with zero attached hydrogens (tertiary/aromatic N) is 1. The van der Waals surface area contributed by atoms with Crippen molar-refractivity contribution in [2.75, 3.05) is 6.54 Å². The second-order valence-electron chi connectivity index (χ2n) is 3.52. The van der Waals surface area contributed by atoms with Crippen molar-refractivity contribution >= 4 is 16.8 Å². The molecule has 1 heterocycles. The molecule has 0 aliphatic heterocycles. The third-order valence-corrected chi connectivity index (χ3v) is 2.44. The van der Waals surface area contributed by atoms with Crippen LogP contribution in [0.5, 0.6) is 0 Å². The van der Waals surface area contributed by atoms with Crippen molar-refractivity contribution < 1.29 is 0 Å². The molecule has 2 nitrogen and oxygen atoms in total. The Morgan fingerprint density at radius 3 is 3.00 bits per heavy atom. The van der Waals surface area contributed by atoms with Crippen LogP contribution in [-0.4, -0.2) is 11.5 Å². The van der Waals surface area contributed by atoms with E-state index in [2.05, 4.69) is 23.2 Å². The molecular formula is C13H14N2. The highest BCUT2D eigenvalue weighted by molar-refractivity contribution is 5.86. The molecule has 0 spiro atoms. The van der Waals surface area contributed by atoms with Gasteiger partial charge >= 0.3 is 0 Å². The van der Waals surface area contributed by atoms with Crippen molar-refractivity contribution in [3.63, 3.8) is 0 Å². The number of nitrogens with two attached hydrogens (primary N) is 1. The predicted molar refractivity (Wildman–Crippen MR) is 64.6 cm³/mol. The molecule has 0 amide bonds. The van der Waals surface area contributed by atoms with Crippen molar-refractivity contribution in [1.82, 2.24) is 4.98 Å². The van der Waals surface area contributed by atoms with Gasteiger partial charge in [-0.05, 0) is 30.0 Å². The van der Waals surface area contributed by atoms with Crippen LogP contribution in [0.15, 0.2) is 36.5 Å². The number of rotatable bonds is 2. The Morgan fingerprint density at radius 1 is 1.33 bits per heavy atom. The lowest BCUT2D eigenvalue weighted by atomic mass is 10.1. The Morgan fingerprint density at radius 2 is 2.20 bits per heavy atom. The van der Waals surface area contributed by atoms with Gasteiger partial charge in [0.1, 0.15) is 0 Å². The van der Waals surface area contributed by atoms with Crippen LogP contribution in [0.25, 0.3) is 16.8 Å². The van der Waals surface area contributed by atoms with E-state index < -0.39 is 0 Å². The summed E-state index contributed by atoms with van der Waals surface area (Å²) >= 11 is 0. The van der Waals surface area contributed by atoms with Gasteiger partial charge in [-0.2, -0.15) is 0 Å². The van der Waals surface area contributed by atoms with Crippen molar-refractivity contribution in [3.8, 4) is 0 Å². The Balaban J connectivity index is 2.54. The van der Waals surface area contributed by atoms with E-state index in [0.717, 1.165) is 5.69 Å². The highest BCUT2D eigenvalue weighted by Crippen LogP contribution is 2.18. The number of hydrogen-bond donors (Lipinski definition) is 1. The Bertz CT molecular complexity index is 501. The zero-order valence-corrected chi connectivity index (χ0v) is 8.77. The summed E-state index contributed by atoms with van der Waals surface area (Å²) in [6.07, 6.45) is 5.83. The molecule has 0 aliphatic carbocycles. The number of hydrogen-bond acceptors (Lipinski definition) is 2. The summed E-state index contributed by atoms with van der Waals surface area (Å²) in [5, 5.41) is 2.43. The summed E-state index contributed by atoms with van der Waals surface area (Å²) in [6.45, 7) is 2.60. The lowest BCUT2D eigenvalue weighted by molar-refractivity contribution is 1.23. The summed E-state index contributed by atoms with van der Waals surface area (Å²) in [7, 11) is 0. The maximum atomic E-state index is 5.42. The summed E-state index contributed by atoms with van der Waals surface area (Å²) < 4.78 is 0. The molecular weight excluding hydrogens is 184 g/mol. The molecule has 76 valence electrons. The molecule has 0 saturated heterocycles. The number of aromatic nitrogens is 1. The number of benzene rings is 1. The average Bonchev–Trinajstić information content (AvgIpc) is 2.27. The lowest BCUT2D eigenvalue weighted by Crippen LogP contribution is -1.92. The van der Waals surface area contributed by atoms with E-state index in [9.17, 15) is 0 Å². The van der Waals surface area contributed by atoms with E-state index in [0.29, 0.717) is 6.54 Å². The van der Waals surface area contributed by atoms with Gasteiger partial charge in [0.05, 0.1) is 0 Å². The van der Waals surface area contributed by atoms with Gasteiger partial charge in [-0.3, -0.25) is 4.98 Å². The average molecular weight is 198 g/mol. The van der Waals surface area contributed by atoms with E-state index in [1.807, 2.05) is 31.3 Å². The van der Waals surface area contributed by atoms with E-state index in [4.69, 9.17) is 5.73 Å². The monoisotopic (exact) mass is 198 g/mol. The molecule has 0 saturated carbocycles. The fraction of sp³-hybridized carbons (Fsp3) is 0.154. The van der Waals surface area contributed by atoms with Crippen LogP contribution >= 0.6 is 0 Å². The highest BCUT2D eigenvalue weighted by atomic mass is 14.7. The predicted octanol–water partition coefficient (Wildman–Crippen LogP) is 2.52. The first-order valence-corrected chi connectivity index (χ1v) is 5.03. The summed E-state index contributed by atoms with van der Waals surface area (Å²) in [4.78, 5) is 4.28. The molecule has 0 aliphatic rings. The maximum Gasteiger partial charge on any atom is 0.0451 e. The minimum absolute atomic E-state index is 0.573. The van der Waals surface area contributed by atoms with Crippen molar-refractivity contribution in [2.45, 2.75) is 6.92 Å². The fourth-order valence-corrected chi connectivity index (χ4v) is 1.64. The standard InChI is InChI=1S/C13H14N2/c1-10-13-9-11(3-2-7-14)4-5-12(13)6-8-15-10/h2-6,8-9H,7,14H2,1H3/b3-2+. The Hall–Kier alpha value is -1.67. The Labute approximate surface area is 89.4 Å². The number of pyridine rings is 1. The van der Waals surface area contributed by atoms with Gasteiger partial charge in [-0.1, -0.05) is 24.3 Å². The number of fused-ring (bicyclic) bond motifs is 1. The van der Waals surface area contributed by atoms with Crippen LogP contribution in [0.3, 0.4) is 0 Å². The van der Waals surface area contributed by atoms with Crippen LogP contribution in [0, 0.1) is 6.92 Å². The smallest absolute Gasteiger partial charge is 0.0451 e.